The second-order valence-electron chi connectivity index (χ2n) is 2.56. The van der Waals surface area contributed by atoms with Gasteiger partial charge in [-0.2, -0.15) is 0 Å². The van der Waals surface area contributed by atoms with E-state index in [0.717, 1.165) is 0 Å². The fraction of sp³-hybridized carbons (Fsp3) is 0.167. The highest BCUT2D eigenvalue weighted by atomic mass is 127. The quantitative estimate of drug-likeness (QED) is 0.764. The molecular formula is C6H5F2IN2O3S. The summed E-state index contributed by atoms with van der Waals surface area (Å²) >= 11 is 1.34. The van der Waals surface area contributed by atoms with Crippen LogP contribution < -0.4 is 10.6 Å². The predicted octanol–water partition coefficient (Wildman–Crippen LogP) is 0.565. The molecule has 0 saturated carbocycles. The molecule has 0 amide bonds. The van der Waals surface area contributed by atoms with Gasteiger partial charge in [0.05, 0.1) is 9.26 Å². The molecule has 84 valence electrons. The van der Waals surface area contributed by atoms with Crippen molar-refractivity contribution in [2.75, 3.05) is 0 Å². The van der Waals surface area contributed by atoms with Gasteiger partial charge in [-0.1, -0.05) is 0 Å². The average molecular weight is 350 g/mol. The normalized spacial score (nSPS) is 12.1. The number of halogens is 3. The van der Waals surface area contributed by atoms with Gasteiger partial charge in [-0.25, -0.2) is 22.3 Å². The third-order valence-electron chi connectivity index (χ3n) is 1.54. The van der Waals surface area contributed by atoms with Gasteiger partial charge in [-0.05, 0) is 22.6 Å². The molecule has 0 fully saturated rings. The average Bonchev–Trinajstić information content (AvgIpc) is 2.06. The molecule has 1 rings (SSSR count). The monoisotopic (exact) mass is 350 g/mol. The predicted molar refractivity (Wildman–Crippen MR) is 56.1 cm³/mol. The summed E-state index contributed by atoms with van der Waals surface area (Å²) in [5, 5.41) is 4.71. The summed E-state index contributed by atoms with van der Waals surface area (Å²) in [6, 6.07) is 0. The van der Waals surface area contributed by atoms with E-state index in [1.807, 2.05) is 4.98 Å². The first-order valence-electron chi connectivity index (χ1n) is 3.47. The van der Waals surface area contributed by atoms with Gasteiger partial charge in [0.25, 0.3) is 6.43 Å². The van der Waals surface area contributed by atoms with Crippen molar-refractivity contribution in [2.24, 2.45) is 5.14 Å². The Morgan fingerprint density at radius 2 is 2.00 bits per heavy atom. The Balaban J connectivity index is 3.56. The lowest BCUT2D eigenvalue weighted by molar-refractivity contribution is 0.144. The van der Waals surface area contributed by atoms with Crippen LogP contribution in [0, 0.1) is 3.57 Å². The van der Waals surface area contributed by atoms with Crippen molar-refractivity contribution in [3.05, 3.63) is 25.7 Å². The van der Waals surface area contributed by atoms with E-state index in [0.29, 0.717) is 6.20 Å². The van der Waals surface area contributed by atoms with E-state index in [9.17, 15) is 22.0 Å². The number of H-pyrrole nitrogens is 1. The van der Waals surface area contributed by atoms with Crippen LogP contribution in [0.1, 0.15) is 12.1 Å². The highest BCUT2D eigenvalue weighted by Gasteiger charge is 2.21. The van der Waals surface area contributed by atoms with Crippen LogP contribution in [0.5, 0.6) is 0 Å². The zero-order chi connectivity index (χ0) is 11.8. The molecule has 0 atom stereocenters. The maximum Gasteiger partial charge on any atom is 0.279 e. The van der Waals surface area contributed by atoms with Crippen LogP contribution >= 0.6 is 22.6 Å². The third kappa shape index (κ3) is 2.52. The van der Waals surface area contributed by atoms with Gasteiger partial charge >= 0.3 is 0 Å². The van der Waals surface area contributed by atoms with Gasteiger partial charge in [0.1, 0.15) is 4.90 Å². The highest BCUT2D eigenvalue weighted by molar-refractivity contribution is 14.1. The summed E-state index contributed by atoms with van der Waals surface area (Å²) in [5.41, 5.74) is -1.64. The molecule has 0 radical (unpaired) electrons. The molecule has 0 spiro atoms. The van der Waals surface area contributed by atoms with E-state index < -0.39 is 32.5 Å². The Morgan fingerprint density at radius 1 is 1.47 bits per heavy atom. The zero-order valence-corrected chi connectivity index (χ0v) is 9.97. The second-order valence-corrected chi connectivity index (χ2v) is 5.16. The second kappa shape index (κ2) is 4.14. The lowest BCUT2D eigenvalue weighted by Crippen LogP contribution is -2.24. The first-order valence-corrected chi connectivity index (χ1v) is 6.09. The van der Waals surface area contributed by atoms with Crippen LogP contribution in [0.3, 0.4) is 0 Å². The molecule has 0 aliphatic rings. The van der Waals surface area contributed by atoms with E-state index in [-0.39, 0.29) is 3.57 Å². The van der Waals surface area contributed by atoms with Crippen LogP contribution in [0.15, 0.2) is 15.9 Å². The van der Waals surface area contributed by atoms with Crippen molar-refractivity contribution in [3.8, 4) is 0 Å². The van der Waals surface area contributed by atoms with E-state index in [4.69, 9.17) is 5.14 Å². The van der Waals surface area contributed by atoms with Crippen molar-refractivity contribution in [3.63, 3.8) is 0 Å². The first-order chi connectivity index (χ1) is 6.75. The number of primary sulfonamides is 1. The van der Waals surface area contributed by atoms with Crippen molar-refractivity contribution in [1.82, 2.24) is 4.98 Å². The first kappa shape index (κ1) is 12.5. The molecule has 1 heterocycles. The van der Waals surface area contributed by atoms with Crippen LogP contribution in [-0.2, 0) is 10.0 Å². The van der Waals surface area contributed by atoms with E-state index >= 15 is 0 Å². The van der Waals surface area contributed by atoms with Gasteiger partial charge in [0, 0.05) is 6.20 Å². The summed E-state index contributed by atoms with van der Waals surface area (Å²) in [6.07, 6.45) is -2.21. The van der Waals surface area contributed by atoms with Gasteiger partial charge in [0.15, 0.2) is 0 Å². The molecule has 9 heteroatoms. The molecule has 0 aliphatic heterocycles. The molecule has 0 aromatic carbocycles. The van der Waals surface area contributed by atoms with Gasteiger partial charge in [0.2, 0.25) is 15.5 Å². The van der Waals surface area contributed by atoms with Crippen LogP contribution in [0.4, 0.5) is 8.78 Å². The Labute approximate surface area is 96.9 Å². The van der Waals surface area contributed by atoms with E-state index in [1.165, 1.54) is 22.6 Å². The van der Waals surface area contributed by atoms with E-state index in [1.54, 1.807) is 0 Å². The Morgan fingerprint density at radius 3 is 2.40 bits per heavy atom. The Bertz CT molecular complexity index is 540. The van der Waals surface area contributed by atoms with Crippen LogP contribution in [0.2, 0.25) is 0 Å². The summed E-state index contributed by atoms with van der Waals surface area (Å²) < 4.78 is 45.9. The van der Waals surface area contributed by atoms with Crippen molar-refractivity contribution < 1.29 is 17.2 Å². The van der Waals surface area contributed by atoms with Gasteiger partial charge in [-0.15, -0.1) is 0 Å². The van der Waals surface area contributed by atoms with E-state index in [2.05, 4.69) is 0 Å². The molecular weight excluding hydrogens is 345 g/mol. The maximum absolute atomic E-state index is 12.3. The molecule has 0 aliphatic carbocycles. The molecule has 1 aromatic heterocycles. The molecule has 5 nitrogen and oxygen atoms in total. The molecule has 0 saturated heterocycles. The van der Waals surface area contributed by atoms with Crippen molar-refractivity contribution in [1.29, 1.82) is 0 Å². The number of sulfonamides is 1. The summed E-state index contributed by atoms with van der Waals surface area (Å²) in [6.45, 7) is 0. The number of hydrogen-bond acceptors (Lipinski definition) is 3. The number of nitrogens with two attached hydrogens (primary N) is 1. The fourth-order valence-electron chi connectivity index (χ4n) is 0.873. The van der Waals surface area contributed by atoms with Crippen molar-refractivity contribution in [2.45, 2.75) is 11.3 Å². The van der Waals surface area contributed by atoms with Gasteiger partial charge in [-0.3, -0.25) is 4.79 Å². The molecule has 15 heavy (non-hydrogen) atoms. The number of pyridine rings is 1. The summed E-state index contributed by atoms with van der Waals surface area (Å²) in [5.74, 6) is 0. The number of nitrogens with one attached hydrogen (secondary N) is 1. The standard InChI is InChI=1S/C6H5F2IN2O3S/c7-6(8)4-3(9)5(12)2(1-11-4)15(10,13)14/h1,6H,(H,11,12)(H2,10,13,14). The Kier molecular flexibility index (Phi) is 3.45. The fourth-order valence-corrected chi connectivity index (χ4v) is 2.32. The lowest BCUT2D eigenvalue weighted by atomic mass is 10.3. The topological polar surface area (TPSA) is 93.0 Å². The molecule has 3 N–H and O–H groups in total. The van der Waals surface area contributed by atoms with Gasteiger partial charge < -0.3 is 4.98 Å². The number of rotatable bonds is 2. The molecule has 0 bridgehead atoms. The highest BCUT2D eigenvalue weighted by Crippen LogP contribution is 2.20. The third-order valence-corrected chi connectivity index (χ3v) is 3.53. The smallest absolute Gasteiger partial charge is 0.279 e. The maximum atomic E-state index is 12.3. The van der Waals surface area contributed by atoms with Crippen LogP contribution in [-0.4, -0.2) is 13.4 Å². The minimum atomic E-state index is -4.19. The minimum Gasteiger partial charge on any atom is -0.358 e. The van der Waals surface area contributed by atoms with Crippen molar-refractivity contribution >= 4 is 32.6 Å². The lowest BCUT2D eigenvalue weighted by Gasteiger charge is -2.04. The molecule has 1 aromatic rings. The number of hydrogen-bond donors (Lipinski definition) is 2. The largest absolute Gasteiger partial charge is 0.358 e. The SMILES string of the molecule is NS(=O)(=O)c1c[nH]c(C(F)F)c(I)c1=O. The number of aromatic nitrogens is 1. The van der Waals surface area contributed by atoms with Crippen LogP contribution in [0.25, 0.3) is 0 Å². The minimum absolute atomic E-state index is 0.380. The Hall–Kier alpha value is -0.550. The summed E-state index contributed by atoms with van der Waals surface area (Å²) in [4.78, 5) is 12.6. The summed E-state index contributed by atoms with van der Waals surface area (Å²) in [7, 11) is -4.19. The number of alkyl halides is 2. The number of aromatic amines is 1. The molecule has 0 unspecified atom stereocenters. The zero-order valence-electron chi connectivity index (χ0n) is 7.00.